The predicted octanol–water partition coefficient (Wildman–Crippen LogP) is 2.79. The summed E-state index contributed by atoms with van der Waals surface area (Å²) in [5, 5.41) is 21.1. The lowest BCUT2D eigenvalue weighted by Gasteiger charge is -2.12. The number of pyridine rings is 1. The molecule has 0 amide bonds. The van der Waals surface area contributed by atoms with Crippen LogP contribution < -0.4 is 5.32 Å². The molecule has 0 aliphatic carbocycles. The Bertz CT molecular complexity index is 673. The number of hydrogen-bond acceptors (Lipinski definition) is 5. The Morgan fingerprint density at radius 3 is 2.67 bits per heavy atom. The highest BCUT2D eigenvalue weighted by molar-refractivity contribution is 5.56. The summed E-state index contributed by atoms with van der Waals surface area (Å²) < 4.78 is 0. The summed E-state index contributed by atoms with van der Waals surface area (Å²) in [4.78, 5) is 4.08. The maximum Gasteiger partial charge on any atom is 0.167 e. The normalized spacial score (nSPS) is 10.2. The summed E-state index contributed by atoms with van der Waals surface area (Å²) in [6.45, 7) is 6.68. The third-order valence-corrected chi connectivity index (χ3v) is 3.54. The first-order chi connectivity index (χ1) is 10.2. The van der Waals surface area contributed by atoms with Crippen LogP contribution in [0.2, 0.25) is 0 Å². The highest BCUT2D eigenvalue weighted by atomic mass is 15.2. The van der Waals surface area contributed by atoms with Crippen molar-refractivity contribution in [2.24, 2.45) is 0 Å². The number of aryl methyl sites for hydroxylation is 2. The van der Waals surface area contributed by atoms with Crippen LogP contribution in [0.4, 0.5) is 5.82 Å². The minimum Gasteiger partial charge on any atom is -0.363 e. The molecule has 0 saturated carbocycles. The van der Waals surface area contributed by atoms with E-state index in [0.29, 0.717) is 17.9 Å². The largest absolute Gasteiger partial charge is 0.363 e. The van der Waals surface area contributed by atoms with Crippen LogP contribution in [0, 0.1) is 18.3 Å². The van der Waals surface area contributed by atoms with Gasteiger partial charge in [-0.05, 0) is 42.5 Å². The molecule has 5 heteroatoms. The molecule has 0 fully saturated rings. The minimum atomic E-state index is 0.558. The van der Waals surface area contributed by atoms with E-state index in [1.807, 2.05) is 33.0 Å². The number of rotatable bonds is 5. The van der Waals surface area contributed by atoms with E-state index < -0.39 is 0 Å². The van der Waals surface area contributed by atoms with Gasteiger partial charge in [0.2, 0.25) is 0 Å². The molecule has 108 valence electrons. The fourth-order valence-electron chi connectivity index (χ4n) is 2.30. The van der Waals surface area contributed by atoms with E-state index in [4.69, 9.17) is 0 Å². The Morgan fingerprint density at radius 2 is 2.05 bits per heavy atom. The Hall–Kier alpha value is -2.48. The van der Waals surface area contributed by atoms with Gasteiger partial charge in [-0.15, -0.1) is 5.10 Å². The number of nitriles is 1. The van der Waals surface area contributed by atoms with E-state index in [9.17, 15) is 5.26 Å². The summed E-state index contributed by atoms with van der Waals surface area (Å²) in [7, 11) is 0. The molecule has 0 atom stereocenters. The molecule has 2 aromatic rings. The van der Waals surface area contributed by atoms with Crippen LogP contribution in [0.25, 0.3) is 0 Å². The number of nitrogens with one attached hydrogen (secondary N) is 1. The third-order valence-electron chi connectivity index (χ3n) is 3.54. The molecule has 0 aliphatic rings. The molecule has 2 rings (SSSR count). The summed E-state index contributed by atoms with van der Waals surface area (Å²) in [6, 6.07) is 4.22. The minimum absolute atomic E-state index is 0.558. The van der Waals surface area contributed by atoms with Crippen molar-refractivity contribution < 1.29 is 0 Å². The van der Waals surface area contributed by atoms with Crippen LogP contribution in [-0.4, -0.2) is 15.2 Å². The quantitative estimate of drug-likeness (QED) is 0.912. The second-order valence-electron chi connectivity index (χ2n) is 4.82. The maximum atomic E-state index is 9.43. The molecule has 2 heterocycles. The average Bonchev–Trinajstić information content (AvgIpc) is 2.52. The van der Waals surface area contributed by atoms with E-state index in [2.05, 4.69) is 26.6 Å². The topological polar surface area (TPSA) is 74.5 Å². The molecule has 2 aromatic heterocycles. The molecule has 0 aromatic carbocycles. The third kappa shape index (κ3) is 3.16. The summed E-state index contributed by atoms with van der Waals surface area (Å²) >= 11 is 0. The van der Waals surface area contributed by atoms with Crippen LogP contribution in [0.3, 0.4) is 0 Å². The van der Waals surface area contributed by atoms with E-state index in [1.165, 1.54) is 0 Å². The molecular formula is C16H19N5. The van der Waals surface area contributed by atoms with E-state index in [1.54, 1.807) is 6.20 Å². The van der Waals surface area contributed by atoms with Crippen molar-refractivity contribution in [3.05, 3.63) is 46.4 Å². The highest BCUT2D eigenvalue weighted by Crippen LogP contribution is 2.20. The van der Waals surface area contributed by atoms with Crippen LogP contribution in [0.5, 0.6) is 0 Å². The number of nitrogens with zero attached hydrogens (tertiary/aromatic N) is 4. The molecule has 21 heavy (non-hydrogen) atoms. The smallest absolute Gasteiger partial charge is 0.167 e. The summed E-state index contributed by atoms with van der Waals surface area (Å²) in [5.74, 6) is 0.558. The predicted molar refractivity (Wildman–Crippen MR) is 81.8 cm³/mol. The van der Waals surface area contributed by atoms with Crippen LogP contribution in [-0.2, 0) is 19.4 Å². The summed E-state index contributed by atoms with van der Waals surface area (Å²) in [6.07, 6.45) is 5.16. The van der Waals surface area contributed by atoms with Gasteiger partial charge in [-0.25, -0.2) is 0 Å². The van der Waals surface area contributed by atoms with Crippen molar-refractivity contribution in [2.45, 2.75) is 40.2 Å². The van der Waals surface area contributed by atoms with Crippen LogP contribution >= 0.6 is 0 Å². The van der Waals surface area contributed by atoms with Gasteiger partial charge in [-0.3, -0.25) is 4.98 Å². The number of aromatic nitrogens is 3. The first-order valence-electron chi connectivity index (χ1n) is 7.13. The van der Waals surface area contributed by atoms with Gasteiger partial charge in [-0.1, -0.05) is 13.8 Å². The monoisotopic (exact) mass is 281 g/mol. The molecular weight excluding hydrogens is 262 g/mol. The Kier molecular flexibility index (Phi) is 4.83. The molecule has 1 N–H and O–H groups in total. The number of anilines is 1. The van der Waals surface area contributed by atoms with Gasteiger partial charge >= 0.3 is 0 Å². The zero-order chi connectivity index (χ0) is 15.2. The SMILES string of the molecule is CCc1nnc(NCc2ccncc2C)c(C#N)c1CC. The first-order valence-corrected chi connectivity index (χ1v) is 7.13. The maximum absolute atomic E-state index is 9.43. The van der Waals surface area contributed by atoms with Crippen molar-refractivity contribution in [1.82, 2.24) is 15.2 Å². The van der Waals surface area contributed by atoms with Gasteiger partial charge in [0.05, 0.1) is 5.69 Å². The molecule has 0 unspecified atom stereocenters. The van der Waals surface area contributed by atoms with E-state index >= 15 is 0 Å². The van der Waals surface area contributed by atoms with Crippen molar-refractivity contribution in [1.29, 1.82) is 5.26 Å². The van der Waals surface area contributed by atoms with Gasteiger partial charge in [0.25, 0.3) is 0 Å². The Labute approximate surface area is 125 Å². The van der Waals surface area contributed by atoms with Gasteiger partial charge in [-0.2, -0.15) is 10.4 Å². The van der Waals surface area contributed by atoms with E-state index in [-0.39, 0.29) is 0 Å². The second kappa shape index (κ2) is 6.80. The lowest BCUT2D eigenvalue weighted by molar-refractivity contribution is 0.868. The first kappa shape index (κ1) is 14.9. The van der Waals surface area contributed by atoms with Gasteiger partial charge in [0, 0.05) is 18.9 Å². The van der Waals surface area contributed by atoms with Crippen molar-refractivity contribution >= 4 is 5.82 Å². The molecule has 0 spiro atoms. The Morgan fingerprint density at radius 1 is 1.24 bits per heavy atom. The lowest BCUT2D eigenvalue weighted by atomic mass is 10.0. The average molecular weight is 281 g/mol. The number of hydrogen-bond donors (Lipinski definition) is 1. The van der Waals surface area contributed by atoms with Gasteiger partial charge in [0.1, 0.15) is 11.6 Å². The van der Waals surface area contributed by atoms with Gasteiger partial charge in [0.15, 0.2) is 5.82 Å². The highest BCUT2D eigenvalue weighted by Gasteiger charge is 2.14. The van der Waals surface area contributed by atoms with Crippen molar-refractivity contribution in [3.8, 4) is 6.07 Å². The zero-order valence-corrected chi connectivity index (χ0v) is 12.6. The zero-order valence-electron chi connectivity index (χ0n) is 12.6. The molecule has 0 bridgehead atoms. The van der Waals surface area contributed by atoms with Crippen LogP contribution in [0.15, 0.2) is 18.5 Å². The Balaban J connectivity index is 2.29. The van der Waals surface area contributed by atoms with Crippen molar-refractivity contribution in [3.63, 3.8) is 0 Å². The van der Waals surface area contributed by atoms with Gasteiger partial charge < -0.3 is 5.32 Å². The van der Waals surface area contributed by atoms with Crippen LogP contribution in [0.1, 0.15) is 41.8 Å². The van der Waals surface area contributed by atoms with E-state index in [0.717, 1.165) is 35.2 Å². The lowest BCUT2D eigenvalue weighted by Crippen LogP contribution is -2.10. The standard InChI is InChI=1S/C16H19N5/c1-4-13-14(8-17)16(21-20-15(13)5-2)19-10-12-6-7-18-9-11(12)3/h6-7,9H,4-5,10H2,1-3H3,(H,19,21). The fraction of sp³-hybridized carbons (Fsp3) is 0.375. The molecule has 0 radical (unpaired) electrons. The molecule has 0 aliphatic heterocycles. The summed E-state index contributed by atoms with van der Waals surface area (Å²) in [5.41, 5.74) is 4.74. The molecule has 0 saturated heterocycles. The molecule has 5 nitrogen and oxygen atoms in total. The fourth-order valence-corrected chi connectivity index (χ4v) is 2.30. The van der Waals surface area contributed by atoms with Crippen molar-refractivity contribution in [2.75, 3.05) is 5.32 Å². The second-order valence-corrected chi connectivity index (χ2v) is 4.82.